The van der Waals surface area contributed by atoms with Crippen molar-refractivity contribution >= 4 is 17.7 Å². The van der Waals surface area contributed by atoms with E-state index in [2.05, 4.69) is 10.1 Å². The predicted molar refractivity (Wildman–Crippen MR) is 92.8 cm³/mol. The van der Waals surface area contributed by atoms with Gasteiger partial charge in [-0.2, -0.15) is 20.5 Å². The molecule has 0 radical (unpaired) electrons. The molecule has 0 spiro atoms. The number of alkyl halides is 2. The average Bonchev–Trinajstić information content (AvgIpc) is 2.57. The largest absolute Gasteiger partial charge is 0.435 e. The number of nitrogens with one attached hydrogen (secondary N) is 1. The van der Waals surface area contributed by atoms with Crippen LogP contribution in [-0.2, 0) is 12.2 Å². The van der Waals surface area contributed by atoms with E-state index in [1.54, 1.807) is 23.9 Å². The molecule has 0 saturated heterocycles. The van der Waals surface area contributed by atoms with Gasteiger partial charge in [-0.05, 0) is 48.1 Å². The van der Waals surface area contributed by atoms with E-state index in [-0.39, 0.29) is 11.7 Å². The highest BCUT2D eigenvalue weighted by Crippen LogP contribution is 2.15. The van der Waals surface area contributed by atoms with Crippen LogP contribution in [0.3, 0.4) is 0 Å². The fourth-order valence-corrected chi connectivity index (χ4v) is 2.70. The van der Waals surface area contributed by atoms with E-state index in [9.17, 15) is 13.6 Å². The summed E-state index contributed by atoms with van der Waals surface area (Å²) in [5, 5.41) is 2.85. The first-order valence-electron chi connectivity index (χ1n) is 7.48. The van der Waals surface area contributed by atoms with Crippen LogP contribution < -0.4 is 10.1 Å². The second kappa shape index (κ2) is 9.27. The SMILES string of the molecule is CSCc1ccc(C(=O)NCCc2ccc(OC(F)F)cc2)cc1. The normalized spacial score (nSPS) is 10.7. The Labute approximate surface area is 144 Å². The number of halogens is 2. The van der Waals surface area contributed by atoms with Crippen molar-refractivity contribution in [3.63, 3.8) is 0 Å². The third-order valence-electron chi connectivity index (χ3n) is 3.37. The van der Waals surface area contributed by atoms with Crippen LogP contribution in [0.15, 0.2) is 48.5 Å². The number of amides is 1. The van der Waals surface area contributed by atoms with Gasteiger partial charge in [0, 0.05) is 17.9 Å². The molecule has 1 N–H and O–H groups in total. The fraction of sp³-hybridized carbons (Fsp3) is 0.278. The van der Waals surface area contributed by atoms with E-state index in [1.165, 1.54) is 17.7 Å². The molecule has 2 aromatic carbocycles. The lowest BCUT2D eigenvalue weighted by molar-refractivity contribution is -0.0498. The Bertz CT molecular complexity index is 645. The third-order valence-corrected chi connectivity index (χ3v) is 4.00. The van der Waals surface area contributed by atoms with Crippen LogP contribution in [0.5, 0.6) is 5.75 Å². The molecule has 0 aliphatic rings. The molecule has 0 unspecified atom stereocenters. The Kier molecular flexibility index (Phi) is 7.06. The molecule has 2 rings (SSSR count). The van der Waals surface area contributed by atoms with Gasteiger partial charge in [-0.1, -0.05) is 24.3 Å². The third kappa shape index (κ3) is 5.85. The van der Waals surface area contributed by atoms with Gasteiger partial charge in [0.2, 0.25) is 0 Å². The van der Waals surface area contributed by atoms with Crippen molar-refractivity contribution in [3.8, 4) is 5.75 Å². The van der Waals surface area contributed by atoms with Gasteiger partial charge in [-0.3, -0.25) is 4.79 Å². The van der Waals surface area contributed by atoms with Crippen molar-refractivity contribution in [3.05, 3.63) is 65.2 Å². The minimum atomic E-state index is -2.82. The van der Waals surface area contributed by atoms with Gasteiger partial charge in [0.15, 0.2) is 0 Å². The van der Waals surface area contributed by atoms with Gasteiger partial charge in [-0.25, -0.2) is 0 Å². The van der Waals surface area contributed by atoms with Crippen LogP contribution >= 0.6 is 11.8 Å². The molecule has 24 heavy (non-hydrogen) atoms. The maximum Gasteiger partial charge on any atom is 0.387 e. The van der Waals surface area contributed by atoms with Crippen LogP contribution in [0.2, 0.25) is 0 Å². The summed E-state index contributed by atoms with van der Waals surface area (Å²) in [7, 11) is 0. The highest BCUT2D eigenvalue weighted by atomic mass is 32.2. The molecular weight excluding hydrogens is 332 g/mol. The Balaban J connectivity index is 1.79. The number of rotatable bonds is 8. The number of hydrogen-bond donors (Lipinski definition) is 1. The molecular formula is C18H19F2NO2S. The molecule has 2 aromatic rings. The maximum atomic E-state index is 12.1. The second-order valence-electron chi connectivity index (χ2n) is 5.16. The second-order valence-corrected chi connectivity index (χ2v) is 6.02. The number of carbonyl (C=O) groups is 1. The molecule has 0 aliphatic carbocycles. The van der Waals surface area contributed by atoms with Gasteiger partial charge in [0.05, 0.1) is 0 Å². The fourth-order valence-electron chi connectivity index (χ4n) is 2.18. The van der Waals surface area contributed by atoms with E-state index in [0.29, 0.717) is 18.5 Å². The summed E-state index contributed by atoms with van der Waals surface area (Å²) >= 11 is 1.73. The molecule has 0 heterocycles. The summed E-state index contributed by atoms with van der Waals surface area (Å²) < 4.78 is 28.4. The van der Waals surface area contributed by atoms with E-state index >= 15 is 0 Å². The summed E-state index contributed by atoms with van der Waals surface area (Å²) in [5.74, 6) is 0.930. The monoisotopic (exact) mass is 351 g/mol. The summed E-state index contributed by atoms with van der Waals surface area (Å²) in [6.45, 7) is -2.35. The van der Waals surface area contributed by atoms with Gasteiger partial charge in [0.25, 0.3) is 5.91 Å². The standard InChI is InChI=1S/C18H19F2NO2S/c1-24-12-14-2-6-15(7-3-14)17(22)21-11-10-13-4-8-16(9-5-13)23-18(19)20/h2-9,18H,10-12H2,1H3,(H,21,22). The average molecular weight is 351 g/mol. The molecule has 0 bridgehead atoms. The van der Waals surface area contributed by atoms with Gasteiger partial charge < -0.3 is 10.1 Å². The number of ether oxygens (including phenoxy) is 1. The molecule has 3 nitrogen and oxygen atoms in total. The molecule has 128 valence electrons. The van der Waals surface area contributed by atoms with Gasteiger partial charge in [0.1, 0.15) is 5.75 Å². The highest BCUT2D eigenvalue weighted by molar-refractivity contribution is 7.97. The van der Waals surface area contributed by atoms with Crippen LogP contribution in [0.4, 0.5) is 8.78 Å². The van der Waals surface area contributed by atoms with Crippen molar-refractivity contribution in [1.29, 1.82) is 0 Å². The zero-order valence-electron chi connectivity index (χ0n) is 13.3. The first kappa shape index (κ1) is 18.3. The van der Waals surface area contributed by atoms with E-state index < -0.39 is 6.61 Å². The van der Waals surface area contributed by atoms with Crippen molar-refractivity contribution in [2.24, 2.45) is 0 Å². The van der Waals surface area contributed by atoms with Crippen molar-refractivity contribution in [2.75, 3.05) is 12.8 Å². The van der Waals surface area contributed by atoms with Crippen LogP contribution in [0.25, 0.3) is 0 Å². The Morgan fingerprint density at radius 1 is 1.08 bits per heavy atom. The first-order chi connectivity index (χ1) is 11.6. The smallest absolute Gasteiger partial charge is 0.387 e. The van der Waals surface area contributed by atoms with Crippen LogP contribution in [0, 0.1) is 0 Å². The predicted octanol–water partition coefficient (Wildman–Crippen LogP) is 4.12. The molecule has 1 amide bonds. The van der Waals surface area contributed by atoms with Gasteiger partial charge in [-0.15, -0.1) is 0 Å². The van der Waals surface area contributed by atoms with E-state index in [1.807, 2.05) is 30.5 Å². The number of thioether (sulfide) groups is 1. The lowest BCUT2D eigenvalue weighted by atomic mass is 10.1. The first-order valence-corrected chi connectivity index (χ1v) is 8.87. The van der Waals surface area contributed by atoms with E-state index in [0.717, 1.165) is 11.3 Å². The van der Waals surface area contributed by atoms with E-state index in [4.69, 9.17) is 0 Å². The van der Waals surface area contributed by atoms with Crippen molar-refractivity contribution in [1.82, 2.24) is 5.32 Å². The Morgan fingerprint density at radius 3 is 2.29 bits per heavy atom. The van der Waals surface area contributed by atoms with Crippen LogP contribution in [-0.4, -0.2) is 25.3 Å². The van der Waals surface area contributed by atoms with Crippen molar-refractivity contribution < 1.29 is 18.3 Å². The summed E-state index contributed by atoms with van der Waals surface area (Å²) in [5.41, 5.74) is 2.75. The molecule has 6 heteroatoms. The zero-order chi connectivity index (χ0) is 17.4. The minimum Gasteiger partial charge on any atom is -0.435 e. The Hall–Kier alpha value is -2.08. The molecule has 0 saturated carbocycles. The summed E-state index contributed by atoms with van der Waals surface area (Å²) in [4.78, 5) is 12.1. The van der Waals surface area contributed by atoms with Crippen molar-refractivity contribution in [2.45, 2.75) is 18.8 Å². The van der Waals surface area contributed by atoms with Crippen LogP contribution in [0.1, 0.15) is 21.5 Å². The summed E-state index contributed by atoms with van der Waals surface area (Å²) in [6.07, 6.45) is 2.65. The molecule has 0 aliphatic heterocycles. The molecule has 0 aromatic heterocycles. The molecule has 0 fully saturated rings. The molecule has 0 atom stereocenters. The quantitative estimate of drug-likeness (QED) is 0.777. The lowest BCUT2D eigenvalue weighted by Gasteiger charge is -2.08. The lowest BCUT2D eigenvalue weighted by Crippen LogP contribution is -2.25. The van der Waals surface area contributed by atoms with Gasteiger partial charge >= 0.3 is 6.61 Å². The topological polar surface area (TPSA) is 38.3 Å². The number of carbonyl (C=O) groups excluding carboxylic acids is 1. The minimum absolute atomic E-state index is 0.122. The number of hydrogen-bond acceptors (Lipinski definition) is 3. The highest BCUT2D eigenvalue weighted by Gasteiger charge is 2.06. The number of benzene rings is 2. The maximum absolute atomic E-state index is 12.1. The summed E-state index contributed by atoms with van der Waals surface area (Å²) in [6, 6.07) is 13.9. The zero-order valence-corrected chi connectivity index (χ0v) is 14.1. The Morgan fingerprint density at radius 2 is 1.71 bits per heavy atom.